The maximum Gasteiger partial charge on any atom is 0.307 e. The molecule has 1 saturated heterocycles. The van der Waals surface area contributed by atoms with Gasteiger partial charge in [-0.2, -0.15) is 0 Å². The fraction of sp³-hybridized carbons (Fsp3) is 0.308. The minimum Gasteiger partial charge on any atom is -0.481 e. The lowest BCUT2D eigenvalue weighted by Crippen LogP contribution is -2.40. The Morgan fingerprint density at radius 2 is 1.90 bits per heavy atom. The van der Waals surface area contributed by atoms with Gasteiger partial charge in [0, 0.05) is 12.0 Å². The Morgan fingerprint density at radius 3 is 2.40 bits per heavy atom. The van der Waals surface area contributed by atoms with Crippen LogP contribution in [0.2, 0.25) is 0 Å². The Balaban J connectivity index is 2.35. The van der Waals surface area contributed by atoms with Crippen LogP contribution >= 0.6 is 0 Å². The molecule has 106 valence electrons. The molecule has 0 spiro atoms. The van der Waals surface area contributed by atoms with Crippen molar-refractivity contribution in [1.29, 1.82) is 0 Å². The van der Waals surface area contributed by atoms with Crippen molar-refractivity contribution in [3.05, 3.63) is 34.9 Å². The van der Waals surface area contributed by atoms with Crippen molar-refractivity contribution in [3.8, 4) is 0 Å². The summed E-state index contributed by atoms with van der Waals surface area (Å²) in [6, 6.07) is 1.80. The predicted octanol–water partition coefficient (Wildman–Crippen LogP) is 1.11. The van der Waals surface area contributed by atoms with Gasteiger partial charge in [-0.1, -0.05) is 0 Å². The van der Waals surface area contributed by atoms with Gasteiger partial charge < -0.3 is 5.11 Å². The van der Waals surface area contributed by atoms with Crippen LogP contribution in [0.3, 0.4) is 0 Å². The molecule has 7 heteroatoms. The summed E-state index contributed by atoms with van der Waals surface area (Å²) in [5.41, 5.74) is -0.451. The van der Waals surface area contributed by atoms with Gasteiger partial charge >= 0.3 is 5.97 Å². The highest BCUT2D eigenvalue weighted by Gasteiger charge is 2.32. The number of carboxylic acids is 1. The number of piperidine rings is 1. The zero-order chi connectivity index (χ0) is 14.9. The molecule has 5 nitrogen and oxygen atoms in total. The summed E-state index contributed by atoms with van der Waals surface area (Å²) < 4.78 is 27.8. The fourth-order valence-corrected chi connectivity index (χ4v) is 2.22. The van der Waals surface area contributed by atoms with E-state index in [1.165, 1.54) is 0 Å². The lowest BCUT2D eigenvalue weighted by molar-refractivity contribution is -0.136. The van der Waals surface area contributed by atoms with Gasteiger partial charge in [-0.25, -0.2) is 8.78 Å². The van der Waals surface area contributed by atoms with Gasteiger partial charge in [0.05, 0.1) is 12.3 Å². The van der Waals surface area contributed by atoms with Crippen LogP contribution < -0.4 is 5.32 Å². The first-order valence-electron chi connectivity index (χ1n) is 5.91. The molecule has 1 fully saturated rings. The minimum atomic E-state index is -1.21. The molecule has 0 aliphatic carbocycles. The number of rotatable bonds is 3. The lowest BCUT2D eigenvalue weighted by Gasteiger charge is -2.22. The number of benzene rings is 1. The van der Waals surface area contributed by atoms with Crippen LogP contribution in [0, 0.1) is 11.6 Å². The molecule has 0 saturated carbocycles. The molecular weight excluding hydrogens is 272 g/mol. The van der Waals surface area contributed by atoms with Crippen LogP contribution in [-0.2, 0) is 20.8 Å². The molecule has 1 atom stereocenters. The SMILES string of the molecule is O=C(O)Cc1cc(F)c([C@H]2CCC(=O)NC2=O)c(F)c1. The molecule has 1 aliphatic rings. The summed E-state index contributed by atoms with van der Waals surface area (Å²) in [7, 11) is 0. The van der Waals surface area contributed by atoms with E-state index in [1.807, 2.05) is 5.32 Å². The van der Waals surface area contributed by atoms with Gasteiger partial charge in [0.1, 0.15) is 11.6 Å². The average Bonchev–Trinajstić information content (AvgIpc) is 2.30. The third-order valence-electron chi connectivity index (χ3n) is 3.08. The number of carboxylic acid groups (broad SMARTS) is 1. The van der Waals surface area contributed by atoms with Crippen LogP contribution in [-0.4, -0.2) is 22.9 Å². The van der Waals surface area contributed by atoms with Crippen LogP contribution in [0.15, 0.2) is 12.1 Å². The monoisotopic (exact) mass is 283 g/mol. The van der Waals surface area contributed by atoms with Crippen LogP contribution in [0.25, 0.3) is 0 Å². The van der Waals surface area contributed by atoms with Crippen molar-refractivity contribution < 1.29 is 28.3 Å². The summed E-state index contributed by atoms with van der Waals surface area (Å²) in [4.78, 5) is 33.1. The van der Waals surface area contributed by atoms with Crippen molar-refractivity contribution in [3.63, 3.8) is 0 Å². The molecule has 2 N–H and O–H groups in total. The van der Waals surface area contributed by atoms with Crippen molar-refractivity contribution >= 4 is 17.8 Å². The number of nitrogens with one attached hydrogen (secondary N) is 1. The van der Waals surface area contributed by atoms with E-state index in [-0.39, 0.29) is 18.4 Å². The zero-order valence-electron chi connectivity index (χ0n) is 10.3. The molecule has 1 aliphatic heterocycles. The number of carbonyl (C=O) groups is 3. The zero-order valence-corrected chi connectivity index (χ0v) is 10.3. The third kappa shape index (κ3) is 2.81. The number of aliphatic carboxylic acids is 1. The average molecular weight is 283 g/mol. The number of imide groups is 1. The highest BCUT2D eigenvalue weighted by atomic mass is 19.1. The minimum absolute atomic E-state index is 0.00612. The topological polar surface area (TPSA) is 83.5 Å². The number of halogens is 2. The first-order chi connectivity index (χ1) is 9.38. The number of amides is 2. The van der Waals surface area contributed by atoms with Crippen LogP contribution in [0.4, 0.5) is 8.78 Å². The summed E-state index contributed by atoms with van der Waals surface area (Å²) in [5.74, 6) is -5.46. The number of hydrogen-bond donors (Lipinski definition) is 2. The molecule has 0 radical (unpaired) electrons. The van der Waals surface area contributed by atoms with Gasteiger partial charge in [0.2, 0.25) is 11.8 Å². The first-order valence-corrected chi connectivity index (χ1v) is 5.91. The van der Waals surface area contributed by atoms with E-state index < -0.39 is 47.3 Å². The van der Waals surface area contributed by atoms with E-state index in [2.05, 4.69) is 0 Å². The first kappa shape index (κ1) is 14.1. The fourth-order valence-electron chi connectivity index (χ4n) is 2.22. The van der Waals surface area contributed by atoms with Gasteiger partial charge in [0.15, 0.2) is 0 Å². The maximum absolute atomic E-state index is 13.9. The normalized spacial score (nSPS) is 18.8. The largest absolute Gasteiger partial charge is 0.481 e. The summed E-state index contributed by atoms with van der Waals surface area (Å²) in [6.45, 7) is 0. The molecule has 0 bridgehead atoms. The quantitative estimate of drug-likeness (QED) is 0.814. The Labute approximate surface area is 112 Å². The smallest absolute Gasteiger partial charge is 0.307 e. The van der Waals surface area contributed by atoms with E-state index in [1.54, 1.807) is 0 Å². The molecule has 2 rings (SSSR count). The summed E-state index contributed by atoms with van der Waals surface area (Å²) in [6.07, 6.45) is -0.480. The molecular formula is C13H11F2NO4. The van der Waals surface area contributed by atoms with Gasteiger partial charge in [-0.05, 0) is 24.1 Å². The molecule has 2 amide bonds. The van der Waals surface area contributed by atoms with E-state index in [9.17, 15) is 23.2 Å². The molecule has 20 heavy (non-hydrogen) atoms. The van der Waals surface area contributed by atoms with Gasteiger partial charge in [-0.3, -0.25) is 19.7 Å². The van der Waals surface area contributed by atoms with E-state index in [0.29, 0.717) is 0 Å². The second-order valence-electron chi connectivity index (χ2n) is 4.55. The van der Waals surface area contributed by atoms with Crippen molar-refractivity contribution in [1.82, 2.24) is 5.32 Å². The Morgan fingerprint density at radius 1 is 1.30 bits per heavy atom. The molecule has 1 aromatic carbocycles. The second-order valence-corrected chi connectivity index (χ2v) is 4.55. The highest BCUT2D eigenvalue weighted by Crippen LogP contribution is 2.30. The molecule has 1 aromatic rings. The Hall–Kier alpha value is -2.31. The van der Waals surface area contributed by atoms with E-state index in [4.69, 9.17) is 5.11 Å². The Kier molecular flexibility index (Phi) is 3.78. The van der Waals surface area contributed by atoms with Gasteiger partial charge in [0.25, 0.3) is 0 Å². The van der Waals surface area contributed by atoms with Gasteiger partial charge in [-0.15, -0.1) is 0 Å². The highest BCUT2D eigenvalue weighted by molar-refractivity contribution is 6.01. The van der Waals surface area contributed by atoms with E-state index in [0.717, 1.165) is 12.1 Å². The maximum atomic E-state index is 13.9. The second kappa shape index (κ2) is 5.36. The Bertz CT molecular complexity index is 577. The van der Waals surface area contributed by atoms with Crippen molar-refractivity contribution in [2.45, 2.75) is 25.2 Å². The molecule has 0 unspecified atom stereocenters. The molecule has 1 heterocycles. The van der Waals surface area contributed by atoms with Crippen molar-refractivity contribution in [2.75, 3.05) is 0 Å². The number of carbonyl (C=O) groups excluding carboxylic acids is 2. The third-order valence-corrected chi connectivity index (χ3v) is 3.08. The summed E-state index contributed by atoms with van der Waals surface area (Å²) >= 11 is 0. The van der Waals surface area contributed by atoms with Crippen molar-refractivity contribution in [2.24, 2.45) is 0 Å². The summed E-state index contributed by atoms with van der Waals surface area (Å²) in [5, 5.41) is 10.6. The standard InChI is InChI=1S/C13H11F2NO4/c14-8-3-6(5-11(18)19)4-9(15)12(8)7-1-2-10(17)16-13(7)20/h3-4,7H,1-2,5H2,(H,18,19)(H,16,17,20)/t7-/m1/s1. The van der Waals surface area contributed by atoms with E-state index >= 15 is 0 Å². The lowest BCUT2D eigenvalue weighted by atomic mass is 9.89. The number of hydrogen-bond acceptors (Lipinski definition) is 3. The van der Waals surface area contributed by atoms with Crippen LogP contribution in [0.1, 0.15) is 29.9 Å². The predicted molar refractivity (Wildman–Crippen MR) is 62.8 cm³/mol. The van der Waals surface area contributed by atoms with Crippen LogP contribution in [0.5, 0.6) is 0 Å². The molecule has 0 aromatic heterocycles.